The van der Waals surface area contributed by atoms with E-state index in [9.17, 15) is 13.2 Å². The lowest BCUT2D eigenvalue weighted by atomic mass is 10.1. The Morgan fingerprint density at radius 1 is 1.18 bits per heavy atom. The molecule has 0 radical (unpaired) electrons. The van der Waals surface area contributed by atoms with Gasteiger partial charge in [-0.15, -0.1) is 0 Å². The van der Waals surface area contributed by atoms with Crippen LogP contribution in [0.5, 0.6) is 0 Å². The summed E-state index contributed by atoms with van der Waals surface area (Å²) >= 11 is 0. The predicted molar refractivity (Wildman–Crippen MR) is 83.3 cm³/mol. The van der Waals surface area contributed by atoms with E-state index in [2.05, 4.69) is 5.32 Å². The lowest BCUT2D eigenvalue weighted by Crippen LogP contribution is -2.17. The van der Waals surface area contributed by atoms with Gasteiger partial charge < -0.3 is 10.4 Å². The van der Waals surface area contributed by atoms with Gasteiger partial charge in [0.1, 0.15) is 4.90 Å². The summed E-state index contributed by atoms with van der Waals surface area (Å²) in [6.07, 6.45) is 0. The van der Waals surface area contributed by atoms with Gasteiger partial charge in [0.2, 0.25) is 10.0 Å². The molecule has 0 aliphatic carbocycles. The second-order valence-corrected chi connectivity index (χ2v) is 6.37. The zero-order chi connectivity index (χ0) is 16.3. The maximum Gasteiger partial charge on any atom is 0.335 e. The van der Waals surface area contributed by atoms with Crippen molar-refractivity contribution in [3.8, 4) is 0 Å². The smallest absolute Gasteiger partial charge is 0.335 e. The first-order valence-electron chi connectivity index (χ1n) is 6.50. The van der Waals surface area contributed by atoms with Crippen LogP contribution < -0.4 is 10.5 Å². The van der Waals surface area contributed by atoms with Gasteiger partial charge in [0.15, 0.2) is 0 Å². The van der Waals surface area contributed by atoms with Crippen LogP contribution in [0.1, 0.15) is 28.9 Å². The summed E-state index contributed by atoms with van der Waals surface area (Å²) in [4.78, 5) is 10.7. The SMILES string of the molecule is C[C@H](Nc1ccc(C(=O)O)cc1S(N)(=O)=O)c1ccccc1. The van der Waals surface area contributed by atoms with E-state index in [1.807, 2.05) is 37.3 Å². The standard InChI is InChI=1S/C15H16N2O4S/c1-10(11-5-3-2-4-6-11)17-13-8-7-12(15(18)19)9-14(13)22(16,20)21/h2-10,17H,1H3,(H,18,19)(H2,16,20,21)/t10-/m0/s1. The number of hydrogen-bond acceptors (Lipinski definition) is 4. The van der Waals surface area contributed by atoms with Crippen molar-refractivity contribution in [1.82, 2.24) is 0 Å². The largest absolute Gasteiger partial charge is 0.478 e. The molecule has 0 heterocycles. The molecule has 0 aliphatic heterocycles. The summed E-state index contributed by atoms with van der Waals surface area (Å²) in [5.74, 6) is -1.22. The first-order valence-corrected chi connectivity index (χ1v) is 8.05. The molecule has 0 saturated carbocycles. The minimum atomic E-state index is -4.04. The Morgan fingerprint density at radius 2 is 1.82 bits per heavy atom. The Bertz CT molecular complexity index is 788. The van der Waals surface area contributed by atoms with Gasteiger partial charge in [-0.2, -0.15) is 0 Å². The molecule has 1 atom stereocenters. The van der Waals surface area contributed by atoms with Crippen LogP contribution in [0.2, 0.25) is 0 Å². The number of anilines is 1. The van der Waals surface area contributed by atoms with Crippen LogP contribution in [0.15, 0.2) is 53.4 Å². The third-order valence-electron chi connectivity index (χ3n) is 3.21. The Hall–Kier alpha value is -2.38. The van der Waals surface area contributed by atoms with Crippen molar-refractivity contribution in [2.75, 3.05) is 5.32 Å². The molecule has 0 bridgehead atoms. The molecule has 0 fully saturated rings. The van der Waals surface area contributed by atoms with Crippen molar-refractivity contribution in [3.05, 3.63) is 59.7 Å². The molecule has 2 aromatic carbocycles. The number of sulfonamides is 1. The minimum Gasteiger partial charge on any atom is -0.478 e. The number of carboxylic acid groups (broad SMARTS) is 1. The summed E-state index contributed by atoms with van der Waals surface area (Å²) in [5.41, 5.74) is 1.09. The van der Waals surface area contributed by atoms with Gasteiger partial charge in [-0.3, -0.25) is 0 Å². The van der Waals surface area contributed by atoms with Crippen LogP contribution in [0, 0.1) is 0 Å². The van der Waals surface area contributed by atoms with Gasteiger partial charge in [-0.25, -0.2) is 18.4 Å². The predicted octanol–water partition coefficient (Wildman–Crippen LogP) is 2.21. The molecule has 0 amide bonds. The second kappa shape index (κ2) is 6.17. The van der Waals surface area contributed by atoms with E-state index < -0.39 is 16.0 Å². The third-order valence-corrected chi connectivity index (χ3v) is 4.16. The summed E-state index contributed by atoms with van der Waals surface area (Å²) in [6, 6.07) is 13.1. The second-order valence-electron chi connectivity index (χ2n) is 4.84. The monoisotopic (exact) mass is 320 g/mol. The zero-order valence-corrected chi connectivity index (χ0v) is 12.7. The first kappa shape index (κ1) is 16.0. The van der Waals surface area contributed by atoms with Crippen LogP contribution in [0.4, 0.5) is 5.69 Å². The molecule has 4 N–H and O–H groups in total. The third kappa shape index (κ3) is 3.63. The summed E-state index contributed by atoms with van der Waals surface area (Å²) < 4.78 is 23.4. The molecular formula is C15H16N2O4S. The highest BCUT2D eigenvalue weighted by atomic mass is 32.2. The number of carboxylic acids is 1. The maximum atomic E-state index is 11.7. The van der Waals surface area contributed by atoms with E-state index in [0.29, 0.717) is 0 Å². The van der Waals surface area contributed by atoms with Crippen molar-refractivity contribution in [2.24, 2.45) is 5.14 Å². The number of aromatic carboxylic acids is 1. The van der Waals surface area contributed by atoms with Crippen LogP contribution in [0.3, 0.4) is 0 Å². The average Bonchev–Trinajstić information content (AvgIpc) is 2.47. The molecule has 2 rings (SSSR count). The van der Waals surface area contributed by atoms with Crippen molar-refractivity contribution in [3.63, 3.8) is 0 Å². The van der Waals surface area contributed by atoms with E-state index in [4.69, 9.17) is 10.2 Å². The number of primary sulfonamides is 1. The molecular weight excluding hydrogens is 304 g/mol. The fraction of sp³-hybridized carbons (Fsp3) is 0.133. The van der Waals surface area contributed by atoms with Gasteiger partial charge >= 0.3 is 5.97 Å². The topological polar surface area (TPSA) is 109 Å². The minimum absolute atomic E-state index is 0.137. The van der Waals surface area contributed by atoms with Gasteiger partial charge in [0.25, 0.3) is 0 Å². The fourth-order valence-electron chi connectivity index (χ4n) is 2.07. The first-order chi connectivity index (χ1) is 10.3. The number of hydrogen-bond donors (Lipinski definition) is 3. The lowest BCUT2D eigenvalue weighted by molar-refractivity contribution is 0.0696. The van der Waals surface area contributed by atoms with E-state index in [0.717, 1.165) is 11.6 Å². The molecule has 0 aromatic heterocycles. The molecule has 0 aliphatic rings. The van der Waals surface area contributed by atoms with Crippen molar-refractivity contribution in [1.29, 1.82) is 0 Å². The molecule has 0 spiro atoms. The van der Waals surface area contributed by atoms with Gasteiger partial charge in [0.05, 0.1) is 11.3 Å². The fourth-order valence-corrected chi connectivity index (χ4v) is 2.79. The summed E-state index contributed by atoms with van der Waals surface area (Å²) in [6.45, 7) is 1.87. The van der Waals surface area contributed by atoms with Gasteiger partial charge in [-0.05, 0) is 30.7 Å². The normalized spacial score (nSPS) is 12.6. The van der Waals surface area contributed by atoms with E-state index in [1.54, 1.807) is 0 Å². The Labute approximate surface area is 128 Å². The molecule has 0 unspecified atom stereocenters. The van der Waals surface area contributed by atoms with Gasteiger partial charge in [0, 0.05) is 6.04 Å². The molecule has 116 valence electrons. The summed E-state index contributed by atoms with van der Waals surface area (Å²) in [5, 5.41) is 17.2. The highest BCUT2D eigenvalue weighted by Crippen LogP contribution is 2.26. The maximum absolute atomic E-state index is 11.7. The lowest BCUT2D eigenvalue weighted by Gasteiger charge is -2.18. The highest BCUT2D eigenvalue weighted by Gasteiger charge is 2.18. The van der Waals surface area contributed by atoms with E-state index in [-0.39, 0.29) is 22.2 Å². The Morgan fingerprint density at radius 3 is 2.36 bits per heavy atom. The number of nitrogens with two attached hydrogens (primary N) is 1. The van der Waals surface area contributed by atoms with Crippen LogP contribution in [-0.2, 0) is 10.0 Å². The number of rotatable bonds is 5. The van der Waals surface area contributed by atoms with Crippen molar-refractivity contribution in [2.45, 2.75) is 17.9 Å². The van der Waals surface area contributed by atoms with Crippen LogP contribution in [0.25, 0.3) is 0 Å². The summed E-state index contributed by atoms with van der Waals surface area (Å²) in [7, 11) is -4.04. The highest BCUT2D eigenvalue weighted by molar-refractivity contribution is 7.89. The molecule has 6 nitrogen and oxygen atoms in total. The molecule has 7 heteroatoms. The number of nitrogens with one attached hydrogen (secondary N) is 1. The number of carbonyl (C=O) groups is 1. The van der Waals surface area contributed by atoms with Crippen LogP contribution >= 0.6 is 0 Å². The Kier molecular flexibility index (Phi) is 4.48. The Balaban J connectivity index is 2.41. The average molecular weight is 320 g/mol. The quantitative estimate of drug-likeness (QED) is 0.782. The molecule has 0 saturated heterocycles. The molecule has 2 aromatic rings. The van der Waals surface area contributed by atoms with E-state index in [1.165, 1.54) is 12.1 Å². The zero-order valence-electron chi connectivity index (χ0n) is 11.9. The molecule has 22 heavy (non-hydrogen) atoms. The number of benzene rings is 2. The van der Waals surface area contributed by atoms with Crippen molar-refractivity contribution < 1.29 is 18.3 Å². The van der Waals surface area contributed by atoms with Gasteiger partial charge in [-0.1, -0.05) is 30.3 Å². The van der Waals surface area contributed by atoms with Crippen LogP contribution in [-0.4, -0.2) is 19.5 Å². The van der Waals surface area contributed by atoms with Crippen molar-refractivity contribution >= 4 is 21.7 Å². The van der Waals surface area contributed by atoms with E-state index >= 15 is 0 Å².